The highest BCUT2D eigenvalue weighted by Crippen LogP contribution is 2.16. The number of benzene rings is 1. The number of hydrogen-bond acceptors (Lipinski definition) is 3. The summed E-state index contributed by atoms with van der Waals surface area (Å²) in [7, 11) is 0. The van der Waals surface area contributed by atoms with Gasteiger partial charge in [0.15, 0.2) is 6.61 Å². The molecule has 1 heterocycles. The van der Waals surface area contributed by atoms with Crippen LogP contribution in [0, 0.1) is 0 Å². The van der Waals surface area contributed by atoms with Crippen LogP contribution in [0.25, 0.3) is 0 Å². The van der Waals surface area contributed by atoms with Gasteiger partial charge in [0.2, 0.25) is 0 Å². The Morgan fingerprint density at radius 3 is 2.89 bits per heavy atom. The van der Waals surface area contributed by atoms with Crippen molar-refractivity contribution in [1.29, 1.82) is 0 Å². The zero-order chi connectivity index (χ0) is 13.7. The highest BCUT2D eigenvalue weighted by molar-refractivity contribution is 6.30. The highest BCUT2D eigenvalue weighted by Gasteiger charge is 2.25. The number of hydrogen-bond donors (Lipinski definition) is 1. The van der Waals surface area contributed by atoms with Gasteiger partial charge >= 0.3 is 0 Å². The Morgan fingerprint density at radius 2 is 2.21 bits per heavy atom. The van der Waals surface area contributed by atoms with E-state index in [1.165, 1.54) is 0 Å². The van der Waals surface area contributed by atoms with Crippen LogP contribution in [0.2, 0.25) is 5.02 Å². The third kappa shape index (κ3) is 3.85. The summed E-state index contributed by atoms with van der Waals surface area (Å²) in [5.41, 5.74) is 0. The Morgan fingerprint density at radius 1 is 1.47 bits per heavy atom. The smallest absolute Gasteiger partial charge is 0.260 e. The van der Waals surface area contributed by atoms with E-state index in [-0.39, 0.29) is 18.6 Å². The third-order valence-corrected chi connectivity index (χ3v) is 3.57. The van der Waals surface area contributed by atoms with E-state index in [1.54, 1.807) is 24.3 Å². The molecule has 1 aromatic rings. The molecule has 5 heteroatoms. The highest BCUT2D eigenvalue weighted by atomic mass is 35.5. The van der Waals surface area contributed by atoms with E-state index in [1.807, 2.05) is 4.90 Å². The molecule has 1 saturated heterocycles. The summed E-state index contributed by atoms with van der Waals surface area (Å²) in [5.74, 6) is 0.712. The van der Waals surface area contributed by atoms with Crippen molar-refractivity contribution in [1.82, 2.24) is 10.2 Å². The van der Waals surface area contributed by atoms with Crippen LogP contribution in [0.1, 0.15) is 13.3 Å². The van der Waals surface area contributed by atoms with Crippen LogP contribution in [0.15, 0.2) is 24.3 Å². The predicted molar refractivity (Wildman–Crippen MR) is 75.6 cm³/mol. The quantitative estimate of drug-likeness (QED) is 0.917. The lowest BCUT2D eigenvalue weighted by molar-refractivity contribution is -0.136. The molecule has 0 saturated carbocycles. The topological polar surface area (TPSA) is 41.6 Å². The minimum absolute atomic E-state index is 0.0447. The number of rotatable bonds is 4. The predicted octanol–water partition coefficient (Wildman–Crippen LogP) is 1.93. The lowest BCUT2D eigenvalue weighted by atomic mass is 10.1. The van der Waals surface area contributed by atoms with Gasteiger partial charge in [-0.25, -0.2) is 0 Å². The van der Waals surface area contributed by atoms with E-state index in [9.17, 15) is 4.79 Å². The van der Waals surface area contributed by atoms with Gasteiger partial charge in [-0.15, -0.1) is 0 Å². The van der Waals surface area contributed by atoms with Crippen molar-refractivity contribution in [2.24, 2.45) is 0 Å². The molecule has 0 radical (unpaired) electrons. The summed E-state index contributed by atoms with van der Waals surface area (Å²) in [6.45, 7) is 4.64. The number of nitrogens with one attached hydrogen (secondary N) is 1. The fourth-order valence-corrected chi connectivity index (χ4v) is 2.34. The van der Waals surface area contributed by atoms with Crippen molar-refractivity contribution in [3.63, 3.8) is 0 Å². The summed E-state index contributed by atoms with van der Waals surface area (Å²) in [4.78, 5) is 14.1. The molecular formula is C14H19ClN2O2. The molecule has 1 N–H and O–H groups in total. The maximum absolute atomic E-state index is 12.2. The summed E-state index contributed by atoms with van der Waals surface area (Å²) in [6.07, 6.45) is 0.958. The molecule has 4 nitrogen and oxygen atoms in total. The van der Waals surface area contributed by atoms with Gasteiger partial charge in [0.05, 0.1) is 0 Å². The summed E-state index contributed by atoms with van der Waals surface area (Å²) in [6, 6.07) is 7.31. The number of nitrogens with zero attached hydrogens (tertiary/aromatic N) is 1. The van der Waals surface area contributed by atoms with Crippen LogP contribution >= 0.6 is 11.6 Å². The van der Waals surface area contributed by atoms with Crippen LogP contribution in [0.5, 0.6) is 5.75 Å². The SMILES string of the molecule is CCC1CNCCN1C(=O)COc1ccc(Cl)cc1. The molecule has 1 amide bonds. The lowest BCUT2D eigenvalue weighted by Gasteiger charge is -2.35. The Labute approximate surface area is 118 Å². The maximum atomic E-state index is 12.2. The first-order valence-corrected chi connectivity index (χ1v) is 6.97. The molecule has 0 spiro atoms. The van der Waals surface area contributed by atoms with Crippen molar-refractivity contribution in [3.05, 3.63) is 29.3 Å². The monoisotopic (exact) mass is 282 g/mol. The molecule has 0 bridgehead atoms. The molecular weight excluding hydrogens is 264 g/mol. The average molecular weight is 283 g/mol. The van der Waals surface area contributed by atoms with E-state index < -0.39 is 0 Å². The van der Waals surface area contributed by atoms with Crippen LogP contribution in [0.3, 0.4) is 0 Å². The van der Waals surface area contributed by atoms with Crippen molar-refractivity contribution in [3.8, 4) is 5.75 Å². The molecule has 1 aliphatic heterocycles. The average Bonchev–Trinajstić information content (AvgIpc) is 2.46. The van der Waals surface area contributed by atoms with Crippen LogP contribution in [0.4, 0.5) is 0 Å². The number of amides is 1. The van der Waals surface area contributed by atoms with Gasteiger partial charge in [-0.1, -0.05) is 18.5 Å². The second-order valence-corrected chi connectivity index (χ2v) is 5.03. The second-order valence-electron chi connectivity index (χ2n) is 4.60. The van der Waals surface area contributed by atoms with Gasteiger partial charge in [0, 0.05) is 30.7 Å². The normalized spacial score (nSPS) is 19.3. The fourth-order valence-electron chi connectivity index (χ4n) is 2.21. The summed E-state index contributed by atoms with van der Waals surface area (Å²) in [5, 5.41) is 3.96. The molecule has 1 unspecified atom stereocenters. The molecule has 1 fully saturated rings. The summed E-state index contributed by atoms with van der Waals surface area (Å²) < 4.78 is 5.50. The Bertz CT molecular complexity index is 422. The van der Waals surface area contributed by atoms with Crippen molar-refractivity contribution in [2.75, 3.05) is 26.2 Å². The minimum Gasteiger partial charge on any atom is -0.484 e. The minimum atomic E-state index is 0.0447. The van der Waals surface area contributed by atoms with E-state index >= 15 is 0 Å². The zero-order valence-corrected chi connectivity index (χ0v) is 11.8. The van der Waals surface area contributed by atoms with E-state index in [4.69, 9.17) is 16.3 Å². The van der Waals surface area contributed by atoms with E-state index in [0.29, 0.717) is 10.8 Å². The van der Waals surface area contributed by atoms with Crippen LogP contribution in [-0.2, 0) is 4.79 Å². The molecule has 1 atom stereocenters. The third-order valence-electron chi connectivity index (χ3n) is 3.32. The summed E-state index contributed by atoms with van der Waals surface area (Å²) >= 11 is 5.80. The van der Waals surface area contributed by atoms with Gasteiger partial charge in [0.1, 0.15) is 5.75 Å². The largest absolute Gasteiger partial charge is 0.484 e. The van der Waals surface area contributed by atoms with Gasteiger partial charge in [0.25, 0.3) is 5.91 Å². The van der Waals surface area contributed by atoms with Crippen LogP contribution in [-0.4, -0.2) is 43.1 Å². The number of piperazine rings is 1. The molecule has 0 aliphatic carbocycles. The zero-order valence-electron chi connectivity index (χ0n) is 11.1. The molecule has 1 aliphatic rings. The fraction of sp³-hybridized carbons (Fsp3) is 0.500. The second kappa shape index (κ2) is 6.78. The molecule has 104 valence electrons. The first-order chi connectivity index (χ1) is 9.20. The Kier molecular flexibility index (Phi) is 5.05. The first kappa shape index (κ1) is 14.2. The molecule has 0 aromatic heterocycles. The molecule has 1 aromatic carbocycles. The van der Waals surface area contributed by atoms with Gasteiger partial charge in [-0.05, 0) is 30.7 Å². The van der Waals surface area contributed by atoms with E-state index in [0.717, 1.165) is 26.1 Å². The number of halogens is 1. The lowest BCUT2D eigenvalue weighted by Crippen LogP contribution is -2.54. The van der Waals surface area contributed by atoms with Crippen molar-refractivity contribution >= 4 is 17.5 Å². The van der Waals surface area contributed by atoms with Gasteiger partial charge < -0.3 is 15.0 Å². The Hall–Kier alpha value is -1.26. The number of carbonyl (C=O) groups excluding carboxylic acids is 1. The first-order valence-electron chi connectivity index (χ1n) is 6.59. The number of carbonyl (C=O) groups is 1. The van der Waals surface area contributed by atoms with Crippen molar-refractivity contribution < 1.29 is 9.53 Å². The molecule has 19 heavy (non-hydrogen) atoms. The molecule has 2 rings (SSSR count). The van der Waals surface area contributed by atoms with Gasteiger partial charge in [-0.2, -0.15) is 0 Å². The Balaban J connectivity index is 1.87. The van der Waals surface area contributed by atoms with Crippen LogP contribution < -0.4 is 10.1 Å². The van der Waals surface area contributed by atoms with E-state index in [2.05, 4.69) is 12.2 Å². The number of ether oxygens (including phenoxy) is 1. The standard InChI is InChI=1S/C14H19ClN2O2/c1-2-12-9-16-7-8-17(12)14(18)10-19-13-5-3-11(15)4-6-13/h3-6,12,16H,2,7-10H2,1H3. The van der Waals surface area contributed by atoms with Crippen molar-refractivity contribution in [2.45, 2.75) is 19.4 Å². The van der Waals surface area contributed by atoms with Gasteiger partial charge in [-0.3, -0.25) is 4.79 Å². The maximum Gasteiger partial charge on any atom is 0.260 e.